The van der Waals surface area contributed by atoms with Crippen LogP contribution in [0.1, 0.15) is 18.4 Å². The molecule has 0 aliphatic carbocycles. The van der Waals surface area contributed by atoms with Crippen LogP contribution in [0.15, 0.2) is 42.5 Å². The molecule has 0 bridgehead atoms. The Bertz CT molecular complexity index is 843. The van der Waals surface area contributed by atoms with Crippen LogP contribution < -0.4 is 19.1 Å². The topological polar surface area (TPSA) is 30.9 Å². The zero-order valence-electron chi connectivity index (χ0n) is 15.6. The zero-order valence-corrected chi connectivity index (χ0v) is 15.6. The number of hydrogen-bond acceptors (Lipinski definition) is 4. The number of anilines is 1. The molecular weight excluding hydrogens is 416 g/mol. The molecule has 10 heteroatoms. The van der Waals surface area contributed by atoms with Crippen molar-refractivity contribution in [2.24, 2.45) is 0 Å². The molecular formula is C20H18F6NO3. The van der Waals surface area contributed by atoms with Crippen LogP contribution in [-0.2, 0) is 0 Å². The van der Waals surface area contributed by atoms with Crippen LogP contribution in [-0.4, -0.2) is 31.9 Å². The van der Waals surface area contributed by atoms with Crippen LogP contribution in [0.25, 0.3) is 0 Å². The second-order valence-corrected chi connectivity index (χ2v) is 6.67. The molecule has 0 spiro atoms. The molecule has 1 aliphatic heterocycles. The second kappa shape index (κ2) is 8.53. The third-order valence-corrected chi connectivity index (χ3v) is 4.41. The van der Waals surface area contributed by atoms with Gasteiger partial charge in [-0.1, -0.05) is 12.1 Å². The predicted octanol–water partition coefficient (Wildman–Crippen LogP) is 5.71. The molecule has 0 aromatic heterocycles. The molecule has 2 aromatic rings. The number of halogens is 6. The first-order valence-electron chi connectivity index (χ1n) is 8.98. The largest absolute Gasteiger partial charge is 0.573 e. The van der Waals surface area contributed by atoms with Gasteiger partial charge in [-0.3, -0.25) is 0 Å². The van der Waals surface area contributed by atoms with Crippen LogP contribution in [0.5, 0.6) is 17.2 Å². The Hall–Kier alpha value is -2.78. The molecule has 30 heavy (non-hydrogen) atoms. The first-order chi connectivity index (χ1) is 14.0. The highest BCUT2D eigenvalue weighted by Crippen LogP contribution is 2.38. The van der Waals surface area contributed by atoms with Gasteiger partial charge in [0.25, 0.3) is 0 Å². The Morgan fingerprint density at radius 2 is 1.37 bits per heavy atom. The Kier molecular flexibility index (Phi) is 6.23. The Morgan fingerprint density at radius 1 is 0.800 bits per heavy atom. The first-order valence-corrected chi connectivity index (χ1v) is 8.98. The average molecular weight is 434 g/mol. The Balaban J connectivity index is 1.66. The lowest BCUT2D eigenvalue weighted by molar-refractivity contribution is -0.287. The van der Waals surface area contributed by atoms with E-state index in [2.05, 4.69) is 21.3 Å². The maximum absolute atomic E-state index is 12.6. The summed E-state index contributed by atoms with van der Waals surface area (Å²) in [5.74, 6) is -2.26. The molecule has 2 aromatic carbocycles. The highest BCUT2D eigenvalue weighted by Gasteiger charge is 2.37. The summed E-state index contributed by atoms with van der Waals surface area (Å²) in [6, 6.07) is 10.3. The second-order valence-electron chi connectivity index (χ2n) is 6.67. The summed E-state index contributed by atoms with van der Waals surface area (Å²) in [6.45, 7) is 5.14. The van der Waals surface area contributed by atoms with E-state index in [1.165, 1.54) is 0 Å². The first kappa shape index (κ1) is 21.9. The molecule has 0 atom stereocenters. The fourth-order valence-corrected chi connectivity index (χ4v) is 3.11. The third kappa shape index (κ3) is 6.36. The minimum Gasteiger partial charge on any atom is -0.490 e. The number of piperidine rings is 1. The van der Waals surface area contributed by atoms with Crippen molar-refractivity contribution < 1.29 is 40.6 Å². The van der Waals surface area contributed by atoms with E-state index in [1.54, 1.807) is 0 Å². The maximum atomic E-state index is 12.6. The fraction of sp³-hybridized carbons (Fsp3) is 0.350. The summed E-state index contributed by atoms with van der Waals surface area (Å²) in [5, 5.41) is 0. The van der Waals surface area contributed by atoms with Gasteiger partial charge in [-0.05, 0) is 36.8 Å². The summed E-state index contributed by atoms with van der Waals surface area (Å²) in [4.78, 5) is 2.14. The standard InChI is InChI=1S/C20H18F6NO3/c1-13-2-4-14(5-3-13)27-10-8-15(9-11-27)28-16-6-7-17(29-19(21,22)23)18(12-16)30-20(24,25)26/h2-7,12,15H,1,8-11H2. The van der Waals surface area contributed by atoms with Crippen molar-refractivity contribution >= 4 is 5.69 Å². The fourth-order valence-electron chi connectivity index (χ4n) is 3.11. The molecule has 4 nitrogen and oxygen atoms in total. The summed E-state index contributed by atoms with van der Waals surface area (Å²) in [6.07, 6.45) is -9.48. The van der Waals surface area contributed by atoms with Gasteiger partial charge in [-0.2, -0.15) is 0 Å². The molecule has 1 fully saturated rings. The molecule has 0 N–H and O–H groups in total. The van der Waals surface area contributed by atoms with Crippen LogP contribution in [0.4, 0.5) is 32.0 Å². The van der Waals surface area contributed by atoms with Crippen molar-refractivity contribution in [1.82, 2.24) is 0 Å². The molecule has 163 valence electrons. The summed E-state index contributed by atoms with van der Waals surface area (Å²) in [7, 11) is 0. The van der Waals surface area contributed by atoms with Gasteiger partial charge in [0, 0.05) is 37.7 Å². The van der Waals surface area contributed by atoms with Gasteiger partial charge in [0.1, 0.15) is 11.9 Å². The van der Waals surface area contributed by atoms with Gasteiger partial charge in [-0.25, -0.2) is 0 Å². The number of benzene rings is 2. The SMILES string of the molecule is [CH2]c1ccc(N2CCC(Oc3ccc(OC(F)(F)F)c(OC(F)(F)F)c3)CC2)cc1. The molecule has 0 amide bonds. The average Bonchev–Trinajstić information content (AvgIpc) is 2.63. The number of ether oxygens (including phenoxy) is 3. The Labute approximate surface area is 168 Å². The van der Waals surface area contributed by atoms with Crippen molar-refractivity contribution in [2.45, 2.75) is 31.7 Å². The van der Waals surface area contributed by atoms with Crippen LogP contribution in [0, 0.1) is 6.92 Å². The number of hydrogen-bond donors (Lipinski definition) is 0. The number of nitrogens with zero attached hydrogens (tertiary/aromatic N) is 1. The van der Waals surface area contributed by atoms with E-state index in [0.29, 0.717) is 25.9 Å². The van der Waals surface area contributed by atoms with Crippen molar-refractivity contribution in [2.75, 3.05) is 18.0 Å². The maximum Gasteiger partial charge on any atom is 0.573 e. The minimum absolute atomic E-state index is 0.0383. The summed E-state index contributed by atoms with van der Waals surface area (Å²) >= 11 is 0. The van der Waals surface area contributed by atoms with Crippen molar-refractivity contribution in [1.29, 1.82) is 0 Å². The van der Waals surface area contributed by atoms with Gasteiger partial charge >= 0.3 is 12.7 Å². The molecule has 3 rings (SSSR count). The summed E-state index contributed by atoms with van der Waals surface area (Å²) in [5.41, 5.74) is 1.92. The minimum atomic E-state index is -5.18. The van der Waals surface area contributed by atoms with Gasteiger partial charge in [0.15, 0.2) is 11.5 Å². The van der Waals surface area contributed by atoms with Crippen LogP contribution in [0.2, 0.25) is 0 Å². The van der Waals surface area contributed by atoms with Crippen molar-refractivity contribution in [3.8, 4) is 17.2 Å². The van der Waals surface area contributed by atoms with Crippen LogP contribution in [0.3, 0.4) is 0 Å². The van der Waals surface area contributed by atoms with Gasteiger partial charge in [-0.15, -0.1) is 26.3 Å². The lowest BCUT2D eigenvalue weighted by Gasteiger charge is -2.34. The van der Waals surface area contributed by atoms with E-state index in [0.717, 1.165) is 29.4 Å². The van der Waals surface area contributed by atoms with E-state index >= 15 is 0 Å². The van der Waals surface area contributed by atoms with Gasteiger partial charge in [0.2, 0.25) is 0 Å². The Morgan fingerprint density at radius 3 is 1.93 bits per heavy atom. The molecule has 1 aliphatic rings. The molecule has 1 saturated heterocycles. The van der Waals surface area contributed by atoms with Gasteiger partial charge in [0.05, 0.1) is 0 Å². The van der Waals surface area contributed by atoms with Crippen molar-refractivity contribution in [3.63, 3.8) is 0 Å². The normalized spacial score (nSPS) is 15.8. The highest BCUT2D eigenvalue weighted by atomic mass is 19.4. The molecule has 1 heterocycles. The highest BCUT2D eigenvalue weighted by molar-refractivity contribution is 5.49. The smallest absolute Gasteiger partial charge is 0.490 e. The van der Waals surface area contributed by atoms with Crippen LogP contribution >= 0.6 is 0 Å². The lowest BCUT2D eigenvalue weighted by Crippen LogP contribution is -2.38. The zero-order chi connectivity index (χ0) is 21.9. The van der Waals surface area contributed by atoms with E-state index in [1.807, 2.05) is 24.3 Å². The van der Waals surface area contributed by atoms with E-state index in [9.17, 15) is 26.3 Å². The quantitative estimate of drug-likeness (QED) is 0.564. The van der Waals surface area contributed by atoms with E-state index in [-0.39, 0.29) is 11.9 Å². The van der Waals surface area contributed by atoms with Crippen molar-refractivity contribution in [3.05, 3.63) is 55.0 Å². The monoisotopic (exact) mass is 434 g/mol. The predicted molar refractivity (Wildman–Crippen MR) is 96.6 cm³/mol. The molecule has 0 unspecified atom stereocenters. The van der Waals surface area contributed by atoms with E-state index < -0.39 is 24.2 Å². The van der Waals surface area contributed by atoms with E-state index in [4.69, 9.17) is 4.74 Å². The molecule has 0 saturated carbocycles. The molecule has 1 radical (unpaired) electrons. The number of rotatable bonds is 5. The third-order valence-electron chi connectivity index (χ3n) is 4.41. The lowest BCUT2D eigenvalue weighted by atomic mass is 10.1. The van der Waals surface area contributed by atoms with Gasteiger partial charge < -0.3 is 19.1 Å². The summed E-state index contributed by atoms with van der Waals surface area (Å²) < 4.78 is 87.9. The number of alkyl halides is 6.